The van der Waals surface area contributed by atoms with E-state index in [9.17, 15) is 4.79 Å². The Morgan fingerprint density at radius 1 is 1.00 bits per heavy atom. The number of halogens is 2. The second-order valence-electron chi connectivity index (χ2n) is 11.6. The molecule has 9 nitrogen and oxygen atoms in total. The monoisotopic (exact) mass is 646 g/mol. The molecule has 1 aromatic heterocycles. The molecule has 1 amide bonds. The van der Waals surface area contributed by atoms with Crippen molar-refractivity contribution in [2.45, 2.75) is 27.2 Å². The molecule has 0 atom stereocenters. The van der Waals surface area contributed by atoms with Crippen molar-refractivity contribution in [3.63, 3.8) is 0 Å². The summed E-state index contributed by atoms with van der Waals surface area (Å²) in [6, 6.07) is 17.1. The number of rotatable bonds is 10. The number of hydrogen-bond donors (Lipinski definition) is 1. The van der Waals surface area contributed by atoms with Gasteiger partial charge in [0.15, 0.2) is 11.6 Å². The molecule has 1 N–H and O–H groups in total. The van der Waals surface area contributed by atoms with Gasteiger partial charge < -0.3 is 24.6 Å². The second-order valence-corrected chi connectivity index (χ2v) is 12.1. The summed E-state index contributed by atoms with van der Waals surface area (Å²) in [4.78, 5) is 28.3. The van der Waals surface area contributed by atoms with Crippen LogP contribution in [0.15, 0.2) is 60.7 Å². The summed E-state index contributed by atoms with van der Waals surface area (Å²) in [6.45, 7) is 11.7. The van der Waals surface area contributed by atoms with Crippen molar-refractivity contribution < 1.29 is 18.7 Å². The lowest BCUT2D eigenvalue weighted by Gasteiger charge is -2.32. The predicted molar refractivity (Wildman–Crippen MR) is 181 cm³/mol. The number of ether oxygens (including phenoxy) is 2. The first-order valence-corrected chi connectivity index (χ1v) is 15.7. The Kier molecular flexibility index (Phi) is 10.7. The summed E-state index contributed by atoms with van der Waals surface area (Å²) in [7, 11) is 3.72. The van der Waals surface area contributed by atoms with E-state index >= 15 is 4.39 Å². The summed E-state index contributed by atoms with van der Waals surface area (Å²) in [6.07, 6.45) is 0.158. The number of carbonyl (C=O) groups is 1. The molecular weight excluding hydrogens is 607 g/mol. The Morgan fingerprint density at radius 3 is 2.52 bits per heavy atom. The van der Waals surface area contributed by atoms with Crippen LogP contribution in [0.25, 0.3) is 11.3 Å². The topological polar surface area (TPSA) is 83.1 Å². The Balaban J connectivity index is 1.33. The van der Waals surface area contributed by atoms with Crippen molar-refractivity contribution in [1.82, 2.24) is 19.8 Å². The molecular formula is C35H40ClFN6O3. The van der Waals surface area contributed by atoms with Crippen LogP contribution in [0.1, 0.15) is 23.1 Å². The van der Waals surface area contributed by atoms with E-state index in [0.717, 1.165) is 61.4 Å². The van der Waals surface area contributed by atoms with Crippen LogP contribution in [0.2, 0.25) is 5.02 Å². The normalized spacial score (nSPS) is 13.8. The highest BCUT2D eigenvalue weighted by molar-refractivity contribution is 6.30. The minimum Gasteiger partial charge on any atom is -0.490 e. The molecule has 2 heterocycles. The van der Waals surface area contributed by atoms with Gasteiger partial charge in [-0.1, -0.05) is 29.8 Å². The van der Waals surface area contributed by atoms with Crippen LogP contribution in [0.3, 0.4) is 0 Å². The van der Waals surface area contributed by atoms with Gasteiger partial charge in [-0.25, -0.2) is 14.2 Å². The molecule has 242 valence electrons. The number of piperazine rings is 1. The number of carbonyl (C=O) groups excluding carboxylic acids is 1. The third-order valence-electron chi connectivity index (χ3n) is 8.36. The number of nitrogens with zero attached hydrogens (tertiary/aromatic N) is 5. The number of benzene rings is 3. The maximum atomic E-state index is 15.1. The highest BCUT2D eigenvalue weighted by atomic mass is 35.5. The standard InChI is InChI=1S/C35H40ClFN6O3/c1-23-10-12-29(25(3)24(23)2)31-22-33(46-35(44)42(5)28-9-6-8-26(36)20-28)40-34(39-31)38-27-11-13-32(30(37)21-27)45-19-7-14-43-17-15-41(4)16-18-43/h6,8-13,20-22H,7,14-19H2,1-5H3,(H,38,39,40). The fourth-order valence-corrected chi connectivity index (χ4v) is 5.40. The molecule has 4 aromatic rings. The molecule has 0 aliphatic carbocycles. The Labute approximate surface area is 274 Å². The van der Waals surface area contributed by atoms with E-state index < -0.39 is 11.9 Å². The van der Waals surface area contributed by atoms with E-state index in [4.69, 9.17) is 26.1 Å². The van der Waals surface area contributed by atoms with Crippen LogP contribution in [-0.4, -0.2) is 79.3 Å². The molecule has 0 spiro atoms. The molecule has 1 saturated heterocycles. The first-order chi connectivity index (χ1) is 22.1. The van der Waals surface area contributed by atoms with Crippen molar-refractivity contribution in [2.75, 3.05) is 63.6 Å². The van der Waals surface area contributed by atoms with Crippen molar-refractivity contribution in [3.8, 4) is 22.9 Å². The van der Waals surface area contributed by atoms with Gasteiger partial charge in [0.1, 0.15) is 0 Å². The Bertz CT molecular complexity index is 1700. The van der Waals surface area contributed by atoms with Crippen LogP contribution < -0.4 is 19.7 Å². The van der Waals surface area contributed by atoms with Gasteiger partial charge in [-0.3, -0.25) is 4.90 Å². The predicted octanol–water partition coefficient (Wildman–Crippen LogP) is 7.26. The van der Waals surface area contributed by atoms with Crippen molar-refractivity contribution in [2.24, 2.45) is 0 Å². The molecule has 3 aromatic carbocycles. The average Bonchev–Trinajstić information content (AvgIpc) is 3.03. The van der Waals surface area contributed by atoms with Gasteiger partial charge in [0.2, 0.25) is 11.8 Å². The van der Waals surface area contributed by atoms with E-state index in [1.54, 1.807) is 49.5 Å². The van der Waals surface area contributed by atoms with Gasteiger partial charge in [-0.05, 0) is 81.3 Å². The zero-order valence-corrected chi connectivity index (χ0v) is 27.7. The van der Waals surface area contributed by atoms with Crippen LogP contribution in [0.5, 0.6) is 11.6 Å². The quantitative estimate of drug-likeness (QED) is 0.180. The zero-order chi connectivity index (χ0) is 32.8. The molecule has 1 aliphatic rings. The number of aromatic nitrogens is 2. The van der Waals surface area contributed by atoms with Crippen molar-refractivity contribution >= 4 is 35.0 Å². The molecule has 5 rings (SSSR count). The van der Waals surface area contributed by atoms with E-state index in [1.165, 1.54) is 11.0 Å². The fourth-order valence-electron chi connectivity index (χ4n) is 5.22. The lowest BCUT2D eigenvalue weighted by molar-refractivity contribution is 0.145. The number of hydrogen-bond acceptors (Lipinski definition) is 8. The number of amides is 1. The molecule has 0 saturated carbocycles. The van der Waals surface area contributed by atoms with Crippen molar-refractivity contribution in [1.29, 1.82) is 0 Å². The minimum atomic E-state index is -0.658. The second kappa shape index (κ2) is 14.9. The van der Waals surface area contributed by atoms with Crippen LogP contribution in [-0.2, 0) is 0 Å². The SMILES string of the molecule is Cc1ccc(-c2cc(OC(=O)N(C)c3cccc(Cl)c3)nc(Nc3ccc(OCCCN4CCN(C)CC4)c(F)c3)n2)c(C)c1C. The van der Waals surface area contributed by atoms with Gasteiger partial charge in [0, 0.05) is 73.9 Å². The highest BCUT2D eigenvalue weighted by Gasteiger charge is 2.19. The summed E-state index contributed by atoms with van der Waals surface area (Å²) >= 11 is 6.12. The Hall–Kier alpha value is -4.25. The maximum Gasteiger partial charge on any atom is 0.420 e. The number of anilines is 3. The van der Waals surface area contributed by atoms with E-state index in [0.29, 0.717) is 28.7 Å². The molecule has 1 aliphatic heterocycles. The molecule has 11 heteroatoms. The largest absolute Gasteiger partial charge is 0.490 e. The zero-order valence-electron chi connectivity index (χ0n) is 26.9. The van der Waals surface area contributed by atoms with Gasteiger partial charge in [0.05, 0.1) is 12.3 Å². The van der Waals surface area contributed by atoms with Gasteiger partial charge in [-0.2, -0.15) is 4.98 Å². The fraction of sp³-hybridized carbons (Fsp3) is 0.343. The number of aryl methyl sites for hydroxylation is 1. The third kappa shape index (κ3) is 8.31. The highest BCUT2D eigenvalue weighted by Crippen LogP contribution is 2.31. The summed E-state index contributed by atoms with van der Waals surface area (Å²) in [5.41, 5.74) is 5.72. The van der Waals surface area contributed by atoms with Crippen LogP contribution >= 0.6 is 11.6 Å². The molecule has 0 radical (unpaired) electrons. The molecule has 0 bridgehead atoms. The van der Waals surface area contributed by atoms with Gasteiger partial charge in [0.25, 0.3) is 0 Å². The maximum absolute atomic E-state index is 15.1. The van der Waals surface area contributed by atoms with Gasteiger partial charge in [-0.15, -0.1) is 0 Å². The summed E-state index contributed by atoms with van der Waals surface area (Å²) in [5, 5.41) is 3.57. The van der Waals surface area contributed by atoms with Crippen LogP contribution in [0.4, 0.5) is 26.5 Å². The minimum absolute atomic E-state index is 0.0322. The molecule has 46 heavy (non-hydrogen) atoms. The van der Waals surface area contributed by atoms with E-state index in [2.05, 4.69) is 27.1 Å². The first kappa shape index (κ1) is 33.1. The first-order valence-electron chi connectivity index (χ1n) is 15.3. The lowest BCUT2D eigenvalue weighted by Crippen LogP contribution is -2.44. The average molecular weight is 647 g/mol. The molecule has 0 unspecified atom stereocenters. The number of likely N-dealkylation sites (N-methyl/N-ethyl adjacent to an activating group) is 1. The smallest absolute Gasteiger partial charge is 0.420 e. The van der Waals surface area contributed by atoms with Gasteiger partial charge >= 0.3 is 6.09 Å². The summed E-state index contributed by atoms with van der Waals surface area (Å²) in [5.74, 6) is -0.142. The Morgan fingerprint density at radius 2 is 1.78 bits per heavy atom. The van der Waals surface area contributed by atoms with Crippen LogP contribution in [0, 0.1) is 26.6 Å². The third-order valence-corrected chi connectivity index (χ3v) is 8.59. The van der Waals surface area contributed by atoms with E-state index in [-0.39, 0.29) is 17.6 Å². The lowest BCUT2D eigenvalue weighted by atomic mass is 9.97. The van der Waals surface area contributed by atoms with E-state index in [1.807, 2.05) is 32.9 Å². The van der Waals surface area contributed by atoms with Crippen molar-refractivity contribution in [3.05, 3.63) is 88.2 Å². The number of nitrogens with one attached hydrogen (secondary N) is 1. The summed E-state index contributed by atoms with van der Waals surface area (Å²) < 4.78 is 26.5. The molecule has 1 fully saturated rings.